The monoisotopic (exact) mass is 279 g/mol. The Kier molecular flexibility index (Phi) is 4.43. The maximum atomic E-state index is 10.6. The molecular weight excluding hydrogens is 266 g/mol. The Hall–Kier alpha value is -1.99. The van der Waals surface area contributed by atoms with Crippen LogP contribution in [0.5, 0.6) is 0 Å². The highest BCUT2D eigenvalue weighted by atomic mass is 32.1. The van der Waals surface area contributed by atoms with E-state index in [1.54, 1.807) is 25.4 Å². The molecule has 1 heterocycles. The fraction of sp³-hybridized carbons (Fsp3) is 0.250. The molecule has 0 bridgehead atoms. The smallest absolute Gasteiger partial charge is 0.269 e. The topological polar surface area (TPSA) is 77.3 Å². The number of rotatable bonds is 6. The summed E-state index contributed by atoms with van der Waals surface area (Å²) in [5, 5.41) is 14.5. The van der Waals surface area contributed by atoms with Crippen LogP contribution in [0, 0.1) is 10.1 Å². The summed E-state index contributed by atoms with van der Waals surface area (Å²) >= 11 is 1.50. The van der Waals surface area contributed by atoms with E-state index in [1.807, 2.05) is 0 Å². The third kappa shape index (κ3) is 3.49. The minimum Gasteiger partial charge on any atom is -0.383 e. The summed E-state index contributed by atoms with van der Waals surface area (Å²) in [5.41, 5.74) is 1.01. The van der Waals surface area contributed by atoms with Gasteiger partial charge in [0.05, 0.1) is 16.4 Å². The normalized spacial score (nSPS) is 10.4. The first-order valence-electron chi connectivity index (χ1n) is 5.64. The molecule has 1 aromatic heterocycles. The van der Waals surface area contributed by atoms with Gasteiger partial charge in [-0.3, -0.25) is 10.1 Å². The Morgan fingerprint density at radius 2 is 2.16 bits per heavy atom. The zero-order valence-electron chi connectivity index (χ0n) is 10.3. The summed E-state index contributed by atoms with van der Waals surface area (Å²) in [7, 11) is 1.64. The Bertz CT molecular complexity index is 554. The fourth-order valence-electron chi connectivity index (χ4n) is 1.50. The fourth-order valence-corrected chi connectivity index (χ4v) is 2.34. The molecule has 0 aliphatic carbocycles. The van der Waals surface area contributed by atoms with E-state index < -0.39 is 4.92 Å². The number of nitro groups is 1. The maximum Gasteiger partial charge on any atom is 0.269 e. The summed E-state index contributed by atoms with van der Waals surface area (Å²) in [6.45, 7) is 1.32. The van der Waals surface area contributed by atoms with Crippen molar-refractivity contribution in [2.75, 3.05) is 25.6 Å². The van der Waals surface area contributed by atoms with Gasteiger partial charge in [0.25, 0.3) is 5.69 Å². The molecule has 0 saturated heterocycles. The SMILES string of the molecule is COCCNc1ncc(-c2ccc([N+](=O)[O-])cc2)s1. The first-order valence-corrected chi connectivity index (χ1v) is 6.46. The van der Waals surface area contributed by atoms with E-state index in [1.165, 1.54) is 23.5 Å². The van der Waals surface area contributed by atoms with Gasteiger partial charge in [-0.05, 0) is 17.7 Å². The van der Waals surface area contributed by atoms with Crippen LogP contribution in [0.4, 0.5) is 10.8 Å². The van der Waals surface area contributed by atoms with Crippen molar-refractivity contribution in [3.8, 4) is 10.4 Å². The largest absolute Gasteiger partial charge is 0.383 e. The first-order chi connectivity index (χ1) is 9.20. The minimum absolute atomic E-state index is 0.0895. The van der Waals surface area contributed by atoms with Crippen LogP contribution in [-0.4, -0.2) is 30.2 Å². The predicted molar refractivity (Wildman–Crippen MR) is 74.6 cm³/mol. The molecule has 1 aromatic carbocycles. The van der Waals surface area contributed by atoms with Crippen LogP contribution < -0.4 is 5.32 Å². The number of hydrogen-bond acceptors (Lipinski definition) is 6. The Balaban J connectivity index is 2.07. The van der Waals surface area contributed by atoms with Crippen LogP contribution in [0.25, 0.3) is 10.4 Å². The van der Waals surface area contributed by atoms with Gasteiger partial charge in [0.2, 0.25) is 0 Å². The number of nitro benzene ring substituents is 1. The molecule has 2 rings (SSSR count). The number of nitrogens with one attached hydrogen (secondary N) is 1. The number of non-ortho nitro benzene ring substituents is 1. The van der Waals surface area contributed by atoms with E-state index in [4.69, 9.17) is 4.74 Å². The molecule has 7 heteroatoms. The zero-order chi connectivity index (χ0) is 13.7. The Morgan fingerprint density at radius 1 is 1.42 bits per heavy atom. The highest BCUT2D eigenvalue weighted by Crippen LogP contribution is 2.29. The molecule has 0 saturated carbocycles. The number of hydrogen-bond donors (Lipinski definition) is 1. The van der Waals surface area contributed by atoms with Crippen molar-refractivity contribution in [3.63, 3.8) is 0 Å². The zero-order valence-corrected chi connectivity index (χ0v) is 11.1. The molecule has 0 spiro atoms. The molecule has 100 valence electrons. The molecule has 0 fully saturated rings. The average Bonchev–Trinajstić information content (AvgIpc) is 2.88. The van der Waals surface area contributed by atoms with Crippen molar-refractivity contribution in [1.82, 2.24) is 4.98 Å². The number of anilines is 1. The maximum absolute atomic E-state index is 10.6. The van der Waals surface area contributed by atoms with Gasteiger partial charge in [0.15, 0.2) is 5.13 Å². The third-order valence-electron chi connectivity index (χ3n) is 2.45. The summed E-state index contributed by atoms with van der Waals surface area (Å²) < 4.78 is 4.94. The van der Waals surface area contributed by atoms with Crippen molar-refractivity contribution < 1.29 is 9.66 Å². The number of ether oxygens (including phenoxy) is 1. The Morgan fingerprint density at radius 3 is 2.79 bits per heavy atom. The molecule has 19 heavy (non-hydrogen) atoms. The van der Waals surface area contributed by atoms with Crippen LogP contribution in [0.3, 0.4) is 0 Å². The van der Waals surface area contributed by atoms with Gasteiger partial charge in [0, 0.05) is 32.0 Å². The van der Waals surface area contributed by atoms with Crippen LogP contribution in [0.15, 0.2) is 30.5 Å². The first kappa shape index (κ1) is 13.4. The molecule has 0 unspecified atom stereocenters. The van der Waals surface area contributed by atoms with Crippen LogP contribution in [0.2, 0.25) is 0 Å². The van der Waals surface area contributed by atoms with Crippen molar-refractivity contribution in [1.29, 1.82) is 0 Å². The second kappa shape index (κ2) is 6.26. The van der Waals surface area contributed by atoms with Gasteiger partial charge in [-0.25, -0.2) is 4.98 Å². The quantitative estimate of drug-likeness (QED) is 0.500. The third-order valence-corrected chi connectivity index (χ3v) is 3.45. The molecule has 1 N–H and O–H groups in total. The lowest BCUT2D eigenvalue weighted by Gasteiger charge is -1.99. The van der Waals surface area contributed by atoms with Crippen LogP contribution in [0.1, 0.15) is 0 Å². The molecule has 0 aliphatic rings. The lowest BCUT2D eigenvalue weighted by molar-refractivity contribution is -0.384. The van der Waals surface area contributed by atoms with Gasteiger partial charge >= 0.3 is 0 Å². The summed E-state index contributed by atoms with van der Waals surface area (Å²) in [6, 6.07) is 6.44. The highest BCUT2D eigenvalue weighted by Gasteiger charge is 2.07. The van der Waals surface area contributed by atoms with Gasteiger partial charge in [-0.15, -0.1) is 0 Å². The van der Waals surface area contributed by atoms with Crippen molar-refractivity contribution in [2.45, 2.75) is 0 Å². The number of aromatic nitrogens is 1. The number of benzene rings is 1. The predicted octanol–water partition coefficient (Wildman–Crippen LogP) is 2.78. The van der Waals surface area contributed by atoms with Crippen LogP contribution in [-0.2, 0) is 4.74 Å². The van der Waals surface area contributed by atoms with Crippen molar-refractivity contribution in [3.05, 3.63) is 40.6 Å². The molecule has 0 amide bonds. The Labute approximate surface area is 114 Å². The summed E-state index contributed by atoms with van der Waals surface area (Å²) in [4.78, 5) is 15.4. The van der Waals surface area contributed by atoms with E-state index in [9.17, 15) is 10.1 Å². The van der Waals surface area contributed by atoms with E-state index in [-0.39, 0.29) is 5.69 Å². The van der Waals surface area contributed by atoms with Gasteiger partial charge < -0.3 is 10.1 Å². The number of thiazole rings is 1. The molecule has 2 aromatic rings. The van der Waals surface area contributed by atoms with Crippen molar-refractivity contribution in [2.24, 2.45) is 0 Å². The van der Waals surface area contributed by atoms with Crippen LogP contribution >= 0.6 is 11.3 Å². The molecular formula is C12H13N3O3S. The van der Waals surface area contributed by atoms with Gasteiger partial charge in [-0.2, -0.15) is 0 Å². The molecule has 0 radical (unpaired) electrons. The second-order valence-corrected chi connectivity index (χ2v) is 4.78. The van der Waals surface area contributed by atoms with E-state index >= 15 is 0 Å². The van der Waals surface area contributed by atoms with E-state index in [0.717, 1.165) is 15.6 Å². The van der Waals surface area contributed by atoms with Gasteiger partial charge in [0.1, 0.15) is 0 Å². The standard InChI is InChI=1S/C12H13N3O3S/c1-18-7-6-13-12-14-8-11(19-12)9-2-4-10(5-3-9)15(16)17/h2-5,8H,6-7H2,1H3,(H,13,14). The highest BCUT2D eigenvalue weighted by molar-refractivity contribution is 7.18. The van der Waals surface area contributed by atoms with E-state index in [2.05, 4.69) is 10.3 Å². The average molecular weight is 279 g/mol. The van der Waals surface area contributed by atoms with Gasteiger partial charge in [-0.1, -0.05) is 11.3 Å². The minimum atomic E-state index is -0.409. The van der Waals surface area contributed by atoms with Crippen molar-refractivity contribution >= 4 is 22.2 Å². The number of nitrogens with zero attached hydrogens (tertiary/aromatic N) is 2. The molecule has 0 aliphatic heterocycles. The molecule has 0 atom stereocenters. The summed E-state index contributed by atoms with van der Waals surface area (Å²) in [6.07, 6.45) is 1.75. The lowest BCUT2D eigenvalue weighted by atomic mass is 10.2. The van der Waals surface area contributed by atoms with E-state index in [0.29, 0.717) is 13.2 Å². The second-order valence-electron chi connectivity index (χ2n) is 3.75. The molecule has 6 nitrogen and oxygen atoms in total. The summed E-state index contributed by atoms with van der Waals surface area (Å²) in [5.74, 6) is 0. The number of methoxy groups -OCH3 is 1. The lowest BCUT2D eigenvalue weighted by Crippen LogP contribution is -2.06.